The number of hydrogen-bond donors (Lipinski definition) is 0. The van der Waals surface area contributed by atoms with E-state index in [-0.39, 0.29) is 28.0 Å². The average Bonchev–Trinajstić information content (AvgIpc) is 2.99. The van der Waals surface area contributed by atoms with Gasteiger partial charge >= 0.3 is 5.97 Å². The fourth-order valence-corrected chi connectivity index (χ4v) is 2.99. The minimum atomic E-state index is -0.964. The molecule has 0 saturated carbocycles. The zero-order valence-corrected chi connectivity index (χ0v) is 14.5. The predicted octanol–water partition coefficient (Wildman–Crippen LogP) is 3.29. The first-order valence-corrected chi connectivity index (χ1v) is 8.47. The largest absolute Gasteiger partial charge is 0.364 e. The summed E-state index contributed by atoms with van der Waals surface area (Å²) in [5.41, 5.74) is 0.814. The molecule has 1 heterocycles. The molecule has 3 aromatic carbocycles. The highest BCUT2D eigenvalue weighted by Gasteiger charge is 2.39. The Morgan fingerprint density at radius 1 is 0.643 bits per heavy atom. The summed E-state index contributed by atoms with van der Waals surface area (Å²) in [6, 6.07) is 20.8. The van der Waals surface area contributed by atoms with Crippen LogP contribution < -0.4 is 0 Å². The molecule has 0 spiro atoms. The maximum absolute atomic E-state index is 12.8. The van der Waals surface area contributed by atoms with E-state index >= 15 is 0 Å². The first kappa shape index (κ1) is 17.4. The summed E-state index contributed by atoms with van der Waals surface area (Å²) < 4.78 is 0. The number of amides is 2. The standard InChI is InChI=1S/C22H13NO5/c24-19(14-8-2-1-3-9-14)15-10-4-7-13-18(15)22(27)28-23-20(25)16-11-5-6-12-17(16)21(23)26/h1-13H. The van der Waals surface area contributed by atoms with Gasteiger partial charge in [-0.15, -0.1) is 0 Å². The molecule has 0 bridgehead atoms. The lowest BCUT2D eigenvalue weighted by Crippen LogP contribution is -2.33. The normalized spacial score (nSPS) is 12.6. The predicted molar refractivity (Wildman–Crippen MR) is 98.7 cm³/mol. The van der Waals surface area contributed by atoms with Crippen molar-refractivity contribution in [2.75, 3.05) is 0 Å². The number of hydrogen-bond acceptors (Lipinski definition) is 5. The number of fused-ring (bicyclic) bond motifs is 1. The Labute approximate surface area is 159 Å². The van der Waals surface area contributed by atoms with Crippen LogP contribution in [0.2, 0.25) is 0 Å². The molecule has 0 fully saturated rings. The van der Waals surface area contributed by atoms with Crippen molar-refractivity contribution in [3.63, 3.8) is 0 Å². The average molecular weight is 371 g/mol. The number of carbonyl (C=O) groups excluding carboxylic acids is 4. The van der Waals surface area contributed by atoms with Gasteiger partial charge in [-0.3, -0.25) is 14.4 Å². The summed E-state index contributed by atoms with van der Waals surface area (Å²) >= 11 is 0. The Balaban J connectivity index is 1.63. The molecule has 1 aliphatic rings. The van der Waals surface area contributed by atoms with Crippen LogP contribution in [0.25, 0.3) is 0 Å². The van der Waals surface area contributed by atoms with Gasteiger partial charge in [0.1, 0.15) is 0 Å². The smallest absolute Gasteiger partial charge is 0.324 e. The number of nitrogens with zero attached hydrogens (tertiary/aromatic N) is 1. The molecule has 4 rings (SSSR count). The number of benzene rings is 3. The fourth-order valence-electron chi connectivity index (χ4n) is 2.99. The zero-order valence-electron chi connectivity index (χ0n) is 14.5. The van der Waals surface area contributed by atoms with E-state index in [4.69, 9.17) is 4.84 Å². The molecule has 0 aliphatic carbocycles. The van der Waals surface area contributed by atoms with E-state index in [1.807, 2.05) is 0 Å². The first-order chi connectivity index (χ1) is 13.6. The molecular formula is C22H13NO5. The van der Waals surface area contributed by atoms with Gasteiger partial charge in [0.2, 0.25) is 0 Å². The molecule has 6 heteroatoms. The Kier molecular flexibility index (Phi) is 4.29. The second kappa shape index (κ2) is 6.92. The minimum Gasteiger partial charge on any atom is -0.324 e. The lowest BCUT2D eigenvalue weighted by atomic mass is 9.98. The highest BCUT2D eigenvalue weighted by molar-refractivity contribution is 6.21. The molecule has 28 heavy (non-hydrogen) atoms. The van der Waals surface area contributed by atoms with Crippen LogP contribution in [-0.4, -0.2) is 28.6 Å². The van der Waals surface area contributed by atoms with E-state index in [2.05, 4.69) is 0 Å². The van der Waals surface area contributed by atoms with Crippen molar-refractivity contribution in [3.8, 4) is 0 Å². The van der Waals surface area contributed by atoms with Crippen molar-refractivity contribution in [1.29, 1.82) is 0 Å². The van der Waals surface area contributed by atoms with Crippen molar-refractivity contribution < 1.29 is 24.0 Å². The number of carbonyl (C=O) groups is 4. The summed E-state index contributed by atoms with van der Waals surface area (Å²) in [6.07, 6.45) is 0. The monoisotopic (exact) mass is 371 g/mol. The lowest BCUT2D eigenvalue weighted by molar-refractivity contribution is -0.0584. The van der Waals surface area contributed by atoms with Gasteiger partial charge < -0.3 is 4.84 Å². The molecule has 0 N–H and O–H groups in total. The zero-order chi connectivity index (χ0) is 19.7. The van der Waals surface area contributed by atoms with Gasteiger partial charge in [0.25, 0.3) is 11.8 Å². The number of ketones is 1. The van der Waals surface area contributed by atoms with Crippen LogP contribution >= 0.6 is 0 Å². The molecular weight excluding hydrogens is 358 g/mol. The Hall–Kier alpha value is -4.06. The number of imide groups is 1. The van der Waals surface area contributed by atoms with Gasteiger partial charge in [0.05, 0.1) is 16.7 Å². The van der Waals surface area contributed by atoms with E-state index in [1.165, 1.54) is 24.3 Å². The molecule has 0 radical (unpaired) electrons. The summed E-state index contributed by atoms with van der Waals surface area (Å²) in [7, 11) is 0. The third-order valence-corrected chi connectivity index (χ3v) is 4.36. The fraction of sp³-hybridized carbons (Fsp3) is 0. The quantitative estimate of drug-likeness (QED) is 0.519. The van der Waals surface area contributed by atoms with Crippen LogP contribution in [0.3, 0.4) is 0 Å². The van der Waals surface area contributed by atoms with Gasteiger partial charge in [-0.2, -0.15) is 0 Å². The summed E-state index contributed by atoms with van der Waals surface area (Å²) in [5, 5.41) is 0.427. The molecule has 6 nitrogen and oxygen atoms in total. The second-order valence-corrected chi connectivity index (χ2v) is 6.07. The molecule has 0 atom stereocenters. The van der Waals surface area contributed by atoms with E-state index in [9.17, 15) is 19.2 Å². The third kappa shape index (κ3) is 2.87. The van der Waals surface area contributed by atoms with Crippen molar-refractivity contribution in [3.05, 3.63) is 107 Å². The summed E-state index contributed by atoms with van der Waals surface area (Å²) in [4.78, 5) is 55.3. The van der Waals surface area contributed by atoms with Gasteiger partial charge in [-0.25, -0.2) is 4.79 Å². The van der Waals surface area contributed by atoms with Crippen LogP contribution in [0.4, 0.5) is 0 Å². The van der Waals surface area contributed by atoms with Crippen LogP contribution in [0.15, 0.2) is 78.9 Å². The number of hydroxylamine groups is 2. The van der Waals surface area contributed by atoms with E-state index in [0.29, 0.717) is 10.6 Å². The molecule has 0 saturated heterocycles. The van der Waals surface area contributed by atoms with Crippen molar-refractivity contribution >= 4 is 23.6 Å². The maximum atomic E-state index is 12.8. The molecule has 136 valence electrons. The van der Waals surface area contributed by atoms with Gasteiger partial charge in [0, 0.05) is 11.1 Å². The molecule has 2 amide bonds. The second-order valence-electron chi connectivity index (χ2n) is 6.07. The van der Waals surface area contributed by atoms with Gasteiger partial charge in [-0.05, 0) is 18.2 Å². The Morgan fingerprint density at radius 2 is 1.14 bits per heavy atom. The van der Waals surface area contributed by atoms with Crippen molar-refractivity contribution in [2.24, 2.45) is 0 Å². The highest BCUT2D eigenvalue weighted by Crippen LogP contribution is 2.24. The maximum Gasteiger partial charge on any atom is 0.364 e. The lowest BCUT2D eigenvalue weighted by Gasteiger charge is -2.14. The van der Waals surface area contributed by atoms with E-state index in [1.54, 1.807) is 54.6 Å². The van der Waals surface area contributed by atoms with Crippen LogP contribution in [0, 0.1) is 0 Å². The molecule has 0 unspecified atom stereocenters. The Bertz CT molecular complexity index is 1090. The van der Waals surface area contributed by atoms with Gasteiger partial charge in [0.15, 0.2) is 5.78 Å². The highest BCUT2D eigenvalue weighted by atomic mass is 16.7. The van der Waals surface area contributed by atoms with Crippen LogP contribution in [0.1, 0.15) is 47.0 Å². The van der Waals surface area contributed by atoms with Crippen LogP contribution in [-0.2, 0) is 4.84 Å². The molecule has 0 aromatic heterocycles. The topological polar surface area (TPSA) is 80.8 Å². The Morgan fingerprint density at radius 3 is 1.75 bits per heavy atom. The summed E-state index contributed by atoms with van der Waals surface area (Å²) in [5.74, 6) is -2.77. The van der Waals surface area contributed by atoms with Crippen molar-refractivity contribution in [2.45, 2.75) is 0 Å². The SMILES string of the molecule is O=C(ON1C(=O)c2ccccc2C1=O)c1ccccc1C(=O)c1ccccc1. The van der Waals surface area contributed by atoms with E-state index < -0.39 is 17.8 Å². The molecule has 1 aliphatic heterocycles. The minimum absolute atomic E-state index is 0.0343. The summed E-state index contributed by atoms with van der Waals surface area (Å²) in [6.45, 7) is 0. The van der Waals surface area contributed by atoms with E-state index in [0.717, 1.165) is 0 Å². The van der Waals surface area contributed by atoms with Crippen molar-refractivity contribution in [1.82, 2.24) is 5.06 Å². The first-order valence-electron chi connectivity index (χ1n) is 8.47. The third-order valence-electron chi connectivity index (χ3n) is 4.36. The molecule has 3 aromatic rings. The number of rotatable bonds is 4. The van der Waals surface area contributed by atoms with Crippen LogP contribution in [0.5, 0.6) is 0 Å². The van der Waals surface area contributed by atoms with Gasteiger partial charge in [-0.1, -0.05) is 65.7 Å².